The SMILES string of the molecule is C=Cc1ccc(-c2ccc(OP3(Cl)=NP(Cl)(Cl)=NP(Cl)(Cl)=N3)cc2)cc1. The van der Waals surface area contributed by atoms with E-state index in [0.717, 1.165) is 16.7 Å². The van der Waals surface area contributed by atoms with Crippen LogP contribution < -0.4 is 4.52 Å². The Morgan fingerprint density at radius 1 is 0.731 bits per heavy atom. The number of hydrogen-bond acceptors (Lipinski definition) is 4. The minimum Gasteiger partial charge on any atom is -0.431 e. The highest BCUT2D eigenvalue weighted by molar-refractivity contribution is 8.22. The van der Waals surface area contributed by atoms with Crippen molar-refractivity contribution in [3.8, 4) is 16.9 Å². The Bertz CT molecular complexity index is 1000. The standard InChI is InChI=1S/C14H11Cl5N3OP3/c1-2-11-3-5-12(6-4-11)13-7-9-14(10-8-13)23-26(19)21-24(15,16)20-25(17,18)22-26/h2-10H,1H2. The van der Waals surface area contributed by atoms with Gasteiger partial charge in [0.1, 0.15) is 5.75 Å². The van der Waals surface area contributed by atoms with Crippen molar-refractivity contribution in [2.24, 2.45) is 13.5 Å². The first-order valence-electron chi connectivity index (χ1n) is 7.02. The van der Waals surface area contributed by atoms with Crippen LogP contribution in [0.1, 0.15) is 5.56 Å². The van der Waals surface area contributed by atoms with Gasteiger partial charge in [-0.05, 0) is 85.0 Å². The van der Waals surface area contributed by atoms with Crippen molar-refractivity contribution < 1.29 is 4.52 Å². The second-order valence-corrected chi connectivity index (χ2v) is 18.2. The van der Waals surface area contributed by atoms with E-state index >= 15 is 0 Å². The summed E-state index contributed by atoms with van der Waals surface area (Å²) >= 11 is 30.5. The van der Waals surface area contributed by atoms with Gasteiger partial charge in [0.25, 0.3) is 11.8 Å². The molecule has 0 bridgehead atoms. The van der Waals surface area contributed by atoms with Crippen LogP contribution >= 0.6 is 74.8 Å². The number of halogens is 5. The van der Waals surface area contributed by atoms with Crippen molar-refractivity contribution in [3.63, 3.8) is 0 Å². The summed E-state index contributed by atoms with van der Waals surface area (Å²) in [6.45, 7) is 0.506. The minimum absolute atomic E-state index is 0.455. The van der Waals surface area contributed by atoms with Crippen molar-refractivity contribution in [2.45, 2.75) is 0 Å². The molecule has 1 aliphatic heterocycles. The van der Waals surface area contributed by atoms with Crippen molar-refractivity contribution in [2.75, 3.05) is 0 Å². The molecule has 1 atom stereocenters. The zero-order chi connectivity index (χ0) is 19.0. The molecule has 0 aliphatic carbocycles. The largest absolute Gasteiger partial charge is 0.431 e. The summed E-state index contributed by atoms with van der Waals surface area (Å²) in [7, 11) is 0. The van der Waals surface area contributed by atoms with E-state index in [1.54, 1.807) is 18.2 Å². The zero-order valence-corrected chi connectivity index (χ0v) is 19.3. The normalized spacial score (nSPS) is 23.1. The lowest BCUT2D eigenvalue weighted by Gasteiger charge is -2.21. The number of benzene rings is 2. The fraction of sp³-hybridized carbons (Fsp3) is 0. The van der Waals surface area contributed by atoms with Gasteiger partial charge in [-0.2, -0.15) is 13.5 Å². The summed E-state index contributed by atoms with van der Waals surface area (Å²) < 4.78 is 17.7. The molecule has 26 heavy (non-hydrogen) atoms. The van der Waals surface area contributed by atoms with E-state index in [1.807, 2.05) is 36.4 Å². The Morgan fingerprint density at radius 2 is 1.23 bits per heavy atom. The van der Waals surface area contributed by atoms with Crippen LogP contribution in [0.5, 0.6) is 5.75 Å². The van der Waals surface area contributed by atoms with Gasteiger partial charge in [0.2, 0.25) is 0 Å². The monoisotopic (exact) mass is 505 g/mol. The van der Waals surface area contributed by atoms with Crippen LogP contribution in [0.25, 0.3) is 17.2 Å². The summed E-state index contributed by atoms with van der Waals surface area (Å²) in [4.78, 5) is 0. The molecule has 0 saturated carbocycles. The van der Waals surface area contributed by atoms with Crippen LogP contribution in [0.15, 0.2) is 68.7 Å². The molecule has 1 heterocycles. The third-order valence-electron chi connectivity index (χ3n) is 3.21. The van der Waals surface area contributed by atoms with Gasteiger partial charge in [0.05, 0.1) is 0 Å². The van der Waals surface area contributed by atoms with Gasteiger partial charge in [0.15, 0.2) is 0 Å². The minimum atomic E-state index is -3.24. The number of rotatable bonds is 4. The van der Waals surface area contributed by atoms with E-state index < -0.39 is 18.6 Å². The molecule has 0 fully saturated rings. The lowest BCUT2D eigenvalue weighted by molar-refractivity contribution is 0.619. The predicted molar refractivity (Wildman–Crippen MR) is 120 cm³/mol. The molecule has 12 heteroatoms. The Hall–Kier alpha value is 0.120. The number of hydrogen-bond donors (Lipinski definition) is 0. The maximum Gasteiger partial charge on any atom is 0.350 e. The topological polar surface area (TPSA) is 46.3 Å². The Morgan fingerprint density at radius 3 is 1.73 bits per heavy atom. The smallest absolute Gasteiger partial charge is 0.350 e. The molecule has 3 rings (SSSR count). The van der Waals surface area contributed by atoms with Crippen molar-refractivity contribution in [1.82, 2.24) is 0 Å². The molecular weight excluding hydrogens is 496 g/mol. The van der Waals surface area contributed by atoms with Crippen LogP contribution in [0.3, 0.4) is 0 Å². The summed E-state index contributed by atoms with van der Waals surface area (Å²) in [5.41, 5.74) is 3.12. The van der Waals surface area contributed by atoms with Crippen LogP contribution in [-0.4, -0.2) is 0 Å². The summed E-state index contributed by atoms with van der Waals surface area (Å²) in [6.07, 6.45) is 1.79. The second-order valence-electron chi connectivity index (χ2n) is 5.09. The molecule has 0 saturated heterocycles. The molecule has 138 valence electrons. The Balaban J connectivity index is 1.88. The highest BCUT2D eigenvalue weighted by Gasteiger charge is 2.34. The first kappa shape index (κ1) is 20.8. The van der Waals surface area contributed by atoms with E-state index in [-0.39, 0.29) is 0 Å². The Labute approximate surface area is 175 Å². The van der Waals surface area contributed by atoms with Crippen molar-refractivity contribution >= 4 is 80.9 Å². The van der Waals surface area contributed by atoms with Gasteiger partial charge < -0.3 is 4.52 Å². The lowest BCUT2D eigenvalue weighted by atomic mass is 10.0. The van der Waals surface area contributed by atoms with Crippen LogP contribution in [0.2, 0.25) is 0 Å². The van der Waals surface area contributed by atoms with Crippen molar-refractivity contribution in [3.05, 3.63) is 60.7 Å². The third-order valence-corrected chi connectivity index (χ3v) is 15.2. The molecule has 1 unspecified atom stereocenters. The molecule has 0 spiro atoms. The first-order valence-corrected chi connectivity index (χ1v) is 16.5. The van der Waals surface area contributed by atoms with Crippen LogP contribution in [0, 0.1) is 0 Å². The average molecular weight is 507 g/mol. The van der Waals surface area contributed by atoms with Crippen molar-refractivity contribution in [1.29, 1.82) is 0 Å². The van der Waals surface area contributed by atoms with E-state index in [9.17, 15) is 0 Å². The highest BCUT2D eigenvalue weighted by Crippen LogP contribution is 2.86. The maximum atomic E-state index is 6.37. The number of nitrogens with zero attached hydrogens (tertiary/aromatic N) is 3. The molecule has 1 aliphatic rings. The fourth-order valence-electron chi connectivity index (χ4n) is 2.14. The summed E-state index contributed by atoms with van der Waals surface area (Å²) in [5.74, 6) is -5.77. The van der Waals surface area contributed by atoms with E-state index in [0.29, 0.717) is 5.75 Å². The molecule has 2 aromatic rings. The van der Waals surface area contributed by atoms with E-state index in [1.165, 1.54) is 0 Å². The molecule has 0 radical (unpaired) electrons. The molecular formula is C14H11Cl5N3OP3. The van der Waals surface area contributed by atoms with Gasteiger partial charge in [-0.3, -0.25) is 0 Å². The van der Waals surface area contributed by atoms with Gasteiger partial charge >= 0.3 is 6.78 Å². The zero-order valence-electron chi connectivity index (χ0n) is 12.9. The lowest BCUT2D eigenvalue weighted by Crippen LogP contribution is -1.87. The predicted octanol–water partition coefficient (Wildman–Crippen LogP) is 10.4. The summed E-state index contributed by atoms with van der Waals surface area (Å²) in [5, 5.41) is 0. The average Bonchev–Trinajstić information content (AvgIpc) is 2.52. The van der Waals surface area contributed by atoms with E-state index in [2.05, 4.69) is 20.1 Å². The Kier molecular flexibility index (Phi) is 6.30. The molecule has 0 N–H and O–H groups in total. The molecule has 0 amide bonds. The van der Waals surface area contributed by atoms with Crippen LogP contribution in [0.4, 0.5) is 0 Å². The third kappa shape index (κ3) is 5.34. The van der Waals surface area contributed by atoms with Gasteiger partial charge in [0, 0.05) is 0 Å². The second kappa shape index (κ2) is 7.86. The van der Waals surface area contributed by atoms with Gasteiger partial charge in [-0.15, -0.1) is 0 Å². The molecule has 4 nitrogen and oxygen atoms in total. The van der Waals surface area contributed by atoms with Gasteiger partial charge in [-0.1, -0.05) is 49.1 Å². The summed E-state index contributed by atoms with van der Waals surface area (Å²) in [6, 6.07) is 15.3. The van der Waals surface area contributed by atoms with Gasteiger partial charge in [-0.25, -0.2) is 0 Å². The fourth-order valence-corrected chi connectivity index (χ4v) is 18.7. The molecule has 2 aromatic carbocycles. The highest BCUT2D eigenvalue weighted by atomic mass is 35.9. The molecule has 0 aromatic heterocycles. The maximum absolute atomic E-state index is 6.37. The van der Waals surface area contributed by atoms with E-state index in [4.69, 9.17) is 60.7 Å². The first-order chi connectivity index (χ1) is 12.1. The van der Waals surface area contributed by atoms with Crippen LogP contribution in [-0.2, 0) is 0 Å². The quantitative estimate of drug-likeness (QED) is 0.380.